The number of carboxylic acid groups (broad SMARTS) is 1. The van der Waals surface area contributed by atoms with Gasteiger partial charge in [0.15, 0.2) is 0 Å². The van der Waals surface area contributed by atoms with Crippen LogP contribution in [0.4, 0.5) is 0 Å². The third-order valence-electron chi connectivity index (χ3n) is 4.37. The number of para-hydroxylation sites is 2. The molecular formula is C20H23N3O2. The first-order valence-electron chi connectivity index (χ1n) is 8.66. The van der Waals surface area contributed by atoms with Crippen LogP contribution < -0.4 is 5.32 Å². The van der Waals surface area contributed by atoms with Gasteiger partial charge in [-0.3, -0.25) is 9.36 Å². The minimum atomic E-state index is -0.782. The average Bonchev–Trinajstić information content (AvgIpc) is 3.06. The first-order valence-corrected chi connectivity index (χ1v) is 8.66. The van der Waals surface area contributed by atoms with Gasteiger partial charge >= 0.3 is 5.97 Å². The minimum Gasteiger partial charge on any atom is -0.480 e. The number of aromatic nitrogens is 2. The zero-order chi connectivity index (χ0) is 17.6. The molecule has 0 aliphatic rings. The normalized spacial score (nSPS) is 12.4. The highest BCUT2D eigenvalue weighted by atomic mass is 16.4. The van der Waals surface area contributed by atoms with Gasteiger partial charge in [-0.2, -0.15) is 0 Å². The average molecular weight is 337 g/mol. The van der Waals surface area contributed by atoms with Crippen LogP contribution in [0, 0.1) is 0 Å². The van der Waals surface area contributed by atoms with Crippen molar-refractivity contribution in [3.8, 4) is 5.69 Å². The smallest absolute Gasteiger partial charge is 0.320 e. The number of benzene rings is 2. The molecule has 0 aliphatic heterocycles. The number of carboxylic acids is 1. The molecule has 0 aliphatic carbocycles. The quantitative estimate of drug-likeness (QED) is 0.657. The predicted octanol–water partition coefficient (Wildman–Crippen LogP) is 3.76. The lowest BCUT2D eigenvalue weighted by Crippen LogP contribution is -2.36. The highest BCUT2D eigenvalue weighted by Gasteiger charge is 2.15. The van der Waals surface area contributed by atoms with Crippen molar-refractivity contribution in [2.75, 3.05) is 0 Å². The molecule has 0 radical (unpaired) electrons. The van der Waals surface area contributed by atoms with Crippen LogP contribution in [0.2, 0.25) is 0 Å². The van der Waals surface area contributed by atoms with Gasteiger partial charge in [-0.25, -0.2) is 4.98 Å². The summed E-state index contributed by atoms with van der Waals surface area (Å²) in [6.45, 7) is 2.61. The molecule has 1 atom stereocenters. The molecule has 3 rings (SSSR count). The van der Waals surface area contributed by atoms with E-state index in [1.165, 1.54) is 0 Å². The van der Waals surface area contributed by atoms with Crippen molar-refractivity contribution < 1.29 is 9.90 Å². The van der Waals surface area contributed by atoms with Crippen LogP contribution in [0.5, 0.6) is 0 Å². The van der Waals surface area contributed by atoms with E-state index in [2.05, 4.69) is 17.2 Å². The van der Waals surface area contributed by atoms with Crippen molar-refractivity contribution in [2.45, 2.75) is 38.8 Å². The van der Waals surface area contributed by atoms with Crippen LogP contribution in [0.1, 0.15) is 31.7 Å². The number of carbonyl (C=O) groups is 1. The van der Waals surface area contributed by atoms with Gasteiger partial charge in [0.1, 0.15) is 12.4 Å². The van der Waals surface area contributed by atoms with Gasteiger partial charge in [0, 0.05) is 12.2 Å². The first kappa shape index (κ1) is 17.2. The summed E-state index contributed by atoms with van der Waals surface area (Å²) < 4.78 is 2.05. The van der Waals surface area contributed by atoms with Crippen molar-refractivity contribution in [3.05, 3.63) is 60.4 Å². The Morgan fingerprint density at radius 2 is 1.96 bits per heavy atom. The molecule has 0 amide bonds. The third-order valence-corrected chi connectivity index (χ3v) is 4.37. The summed E-state index contributed by atoms with van der Waals surface area (Å²) in [6.07, 6.45) is 4.39. The molecule has 5 nitrogen and oxygen atoms in total. The van der Waals surface area contributed by atoms with E-state index in [-0.39, 0.29) is 0 Å². The van der Waals surface area contributed by atoms with E-state index in [1.54, 1.807) is 0 Å². The monoisotopic (exact) mass is 337 g/mol. The lowest BCUT2D eigenvalue weighted by Gasteiger charge is -2.14. The molecule has 0 saturated carbocycles. The second kappa shape index (κ2) is 7.94. The number of nitrogens with zero attached hydrogens (tertiary/aromatic N) is 2. The zero-order valence-electron chi connectivity index (χ0n) is 14.4. The Kier molecular flexibility index (Phi) is 5.46. The molecule has 0 bridgehead atoms. The molecule has 1 heterocycles. The Hall–Kier alpha value is -2.66. The fourth-order valence-electron chi connectivity index (χ4n) is 2.90. The number of hydrogen-bond donors (Lipinski definition) is 2. The largest absolute Gasteiger partial charge is 0.480 e. The second-order valence-electron chi connectivity index (χ2n) is 6.18. The Morgan fingerprint density at radius 3 is 2.68 bits per heavy atom. The van der Waals surface area contributed by atoms with Crippen LogP contribution in [0.15, 0.2) is 54.9 Å². The van der Waals surface area contributed by atoms with Gasteiger partial charge < -0.3 is 10.4 Å². The summed E-state index contributed by atoms with van der Waals surface area (Å²) in [6, 6.07) is 15.6. The number of rotatable bonds is 8. The molecule has 25 heavy (non-hydrogen) atoms. The van der Waals surface area contributed by atoms with Crippen LogP contribution in [-0.2, 0) is 11.3 Å². The summed E-state index contributed by atoms with van der Waals surface area (Å²) in [5.74, 6) is -0.782. The summed E-state index contributed by atoms with van der Waals surface area (Å²) in [7, 11) is 0. The zero-order valence-corrected chi connectivity index (χ0v) is 14.4. The molecule has 0 spiro atoms. The Morgan fingerprint density at radius 1 is 1.20 bits per heavy atom. The minimum absolute atomic E-state index is 0.489. The van der Waals surface area contributed by atoms with Crippen LogP contribution >= 0.6 is 0 Å². The van der Waals surface area contributed by atoms with Gasteiger partial charge in [-0.15, -0.1) is 0 Å². The Labute approximate surface area is 147 Å². The van der Waals surface area contributed by atoms with Gasteiger partial charge in [0.25, 0.3) is 0 Å². The lowest BCUT2D eigenvalue weighted by molar-refractivity contribution is -0.139. The van der Waals surface area contributed by atoms with Crippen LogP contribution in [0.3, 0.4) is 0 Å². The van der Waals surface area contributed by atoms with Crippen molar-refractivity contribution >= 4 is 17.0 Å². The number of imidazole rings is 1. The molecule has 5 heteroatoms. The van der Waals surface area contributed by atoms with Crippen molar-refractivity contribution in [1.29, 1.82) is 0 Å². The fraction of sp³-hybridized carbons (Fsp3) is 0.300. The van der Waals surface area contributed by atoms with E-state index in [0.717, 1.165) is 35.1 Å². The number of hydrogen-bond acceptors (Lipinski definition) is 3. The summed E-state index contributed by atoms with van der Waals surface area (Å²) in [5.41, 5.74) is 4.14. The molecular weight excluding hydrogens is 314 g/mol. The molecule has 2 N–H and O–H groups in total. The third kappa shape index (κ3) is 4.06. The fourth-order valence-corrected chi connectivity index (χ4v) is 2.90. The topological polar surface area (TPSA) is 67.2 Å². The molecule has 3 aromatic rings. The number of nitrogens with one attached hydrogen (secondary N) is 1. The maximum absolute atomic E-state index is 11.3. The van der Waals surface area contributed by atoms with Crippen molar-refractivity contribution in [2.24, 2.45) is 0 Å². The van der Waals surface area contributed by atoms with Crippen molar-refractivity contribution in [1.82, 2.24) is 14.9 Å². The maximum atomic E-state index is 11.3. The van der Waals surface area contributed by atoms with Crippen LogP contribution in [-0.4, -0.2) is 26.7 Å². The first-order chi connectivity index (χ1) is 12.2. The summed E-state index contributed by atoms with van der Waals surface area (Å²) >= 11 is 0. The van der Waals surface area contributed by atoms with E-state index in [4.69, 9.17) is 0 Å². The standard InChI is InChI=1S/C20H23N3O2/c1-2-3-6-18(20(24)25)21-13-15-9-11-16(12-10-15)23-14-22-17-7-4-5-8-19(17)23/h4-5,7-12,14,18,21H,2-3,6,13H2,1H3,(H,24,25). The van der Waals surface area contributed by atoms with E-state index in [9.17, 15) is 9.90 Å². The molecule has 0 saturated heterocycles. The summed E-state index contributed by atoms with van der Waals surface area (Å²) in [4.78, 5) is 15.7. The summed E-state index contributed by atoms with van der Waals surface area (Å²) in [5, 5.41) is 12.4. The molecule has 130 valence electrons. The highest BCUT2D eigenvalue weighted by Crippen LogP contribution is 2.18. The van der Waals surface area contributed by atoms with Gasteiger partial charge in [-0.1, -0.05) is 44.0 Å². The van der Waals surface area contributed by atoms with Gasteiger partial charge in [0.2, 0.25) is 0 Å². The number of aliphatic carboxylic acids is 1. The molecule has 1 aromatic heterocycles. The number of fused-ring (bicyclic) bond motifs is 1. The van der Waals surface area contributed by atoms with Crippen LogP contribution in [0.25, 0.3) is 16.7 Å². The highest BCUT2D eigenvalue weighted by molar-refractivity contribution is 5.77. The Bertz CT molecular complexity index is 840. The Balaban J connectivity index is 1.69. The van der Waals surface area contributed by atoms with Crippen molar-refractivity contribution in [3.63, 3.8) is 0 Å². The predicted molar refractivity (Wildman–Crippen MR) is 98.9 cm³/mol. The SMILES string of the molecule is CCCCC(NCc1ccc(-n2cnc3ccccc32)cc1)C(=O)O. The van der Waals surface area contributed by atoms with Gasteiger partial charge in [-0.05, 0) is 36.2 Å². The molecule has 1 unspecified atom stereocenters. The van der Waals surface area contributed by atoms with E-state index in [1.807, 2.05) is 59.4 Å². The molecule has 2 aromatic carbocycles. The van der Waals surface area contributed by atoms with E-state index in [0.29, 0.717) is 13.0 Å². The van der Waals surface area contributed by atoms with Gasteiger partial charge in [0.05, 0.1) is 11.0 Å². The lowest BCUT2D eigenvalue weighted by atomic mass is 10.1. The van der Waals surface area contributed by atoms with E-state index < -0.39 is 12.0 Å². The maximum Gasteiger partial charge on any atom is 0.320 e. The second-order valence-corrected chi connectivity index (χ2v) is 6.18. The van der Waals surface area contributed by atoms with E-state index >= 15 is 0 Å². The number of unbranched alkanes of at least 4 members (excludes halogenated alkanes) is 1. The molecule has 0 fully saturated rings.